The fourth-order valence-electron chi connectivity index (χ4n) is 4.12. The molecule has 0 aromatic heterocycles. The molecule has 0 amide bonds. The van der Waals surface area contributed by atoms with E-state index in [1.54, 1.807) is 0 Å². The summed E-state index contributed by atoms with van der Waals surface area (Å²) in [6.45, 7) is 12.2. The smallest absolute Gasteiger partial charge is 0.0608 e. The van der Waals surface area contributed by atoms with Gasteiger partial charge in [0.05, 0.1) is 7.05 Å². The van der Waals surface area contributed by atoms with Crippen LogP contribution in [0.15, 0.2) is 126 Å². The number of hydrogen-bond acceptors (Lipinski definition) is 1. The van der Waals surface area contributed by atoms with Crippen molar-refractivity contribution in [2.24, 2.45) is 4.74 Å². The molecule has 1 aliphatic rings. The van der Waals surface area contributed by atoms with Crippen LogP contribution >= 0.6 is 7.05 Å². The van der Waals surface area contributed by atoms with E-state index in [1.807, 2.05) is 12.2 Å². The van der Waals surface area contributed by atoms with E-state index < -0.39 is 7.05 Å². The van der Waals surface area contributed by atoms with Gasteiger partial charge in [0.1, 0.15) is 0 Å². The summed E-state index contributed by atoms with van der Waals surface area (Å²) < 4.78 is 5.52. The maximum atomic E-state index is 5.52. The van der Waals surface area contributed by atoms with E-state index in [2.05, 4.69) is 131 Å². The molecule has 0 fully saturated rings. The Balaban J connectivity index is 0.000000467. The van der Waals surface area contributed by atoms with Crippen molar-refractivity contribution in [3.05, 3.63) is 138 Å². The van der Waals surface area contributed by atoms with Gasteiger partial charge in [-0.05, 0) is 33.3 Å². The van der Waals surface area contributed by atoms with Gasteiger partial charge in [0.2, 0.25) is 0 Å². The molecule has 0 aliphatic heterocycles. The molecule has 0 unspecified atom stereocenters. The molecule has 3 aromatic rings. The maximum Gasteiger partial charge on any atom is 0.0608 e. The normalized spacial score (nSPS) is 12.4. The molecule has 0 N–H and O–H groups in total. The Morgan fingerprint density at radius 3 is 1.59 bits per heavy atom. The zero-order chi connectivity index (χ0) is 25.8. The third kappa shape index (κ3) is 8.54. The van der Waals surface area contributed by atoms with Crippen molar-refractivity contribution in [2.45, 2.75) is 53.4 Å². The van der Waals surface area contributed by atoms with E-state index in [0.717, 1.165) is 12.1 Å². The third-order valence-corrected chi connectivity index (χ3v) is 9.94. The zero-order valence-corrected chi connectivity index (χ0v) is 25.3. The van der Waals surface area contributed by atoms with E-state index in [0.29, 0.717) is 0 Å². The van der Waals surface area contributed by atoms with Crippen LogP contribution in [0.5, 0.6) is 0 Å². The molecule has 3 heteroatoms. The molecule has 0 spiro atoms. The number of allylic oxidation sites excluding steroid dienone is 6. The van der Waals surface area contributed by atoms with Crippen molar-refractivity contribution in [1.82, 2.24) is 0 Å². The van der Waals surface area contributed by atoms with Crippen LogP contribution in [0.4, 0.5) is 0 Å². The van der Waals surface area contributed by atoms with Gasteiger partial charge in [-0.3, -0.25) is 4.74 Å². The number of nitrogens with zero attached hydrogens (tertiary/aromatic N) is 1. The van der Waals surface area contributed by atoms with Gasteiger partial charge >= 0.3 is 0 Å². The molecular weight excluding hydrogens is 501 g/mol. The molecule has 0 bridgehead atoms. The van der Waals surface area contributed by atoms with Crippen LogP contribution in [-0.2, 0) is 21.7 Å². The first kappa shape index (κ1) is 30.8. The zero-order valence-electron chi connectivity index (χ0n) is 22.8. The van der Waals surface area contributed by atoms with Gasteiger partial charge in [-0.1, -0.05) is 146 Å². The summed E-state index contributed by atoms with van der Waals surface area (Å²) in [6, 6.07) is 26.9. The minimum Gasteiger partial charge on any atom is -0.258 e. The monoisotopic (exact) mass is 541 g/mol. The van der Waals surface area contributed by atoms with E-state index in [1.165, 1.54) is 51.9 Å². The fraction of sp³-hybridized carbons (Fsp3) is 0.235. The molecule has 0 saturated heterocycles. The topological polar surface area (TPSA) is 12.4 Å². The molecule has 37 heavy (non-hydrogen) atoms. The SMILES string of the molecule is C=CC=CCCCC.Cc1ccc(P(=NC2=CC=CC2)(c2ccc(C)cc2)c2ccc(C)cc2)cc1.[Ti]. The Morgan fingerprint density at radius 1 is 0.784 bits per heavy atom. The molecule has 3 aromatic carbocycles. The van der Waals surface area contributed by atoms with Crippen LogP contribution in [-0.4, -0.2) is 0 Å². The largest absolute Gasteiger partial charge is 0.258 e. The molecule has 4 rings (SSSR count). The van der Waals surface area contributed by atoms with E-state index in [4.69, 9.17) is 4.74 Å². The van der Waals surface area contributed by atoms with Crippen molar-refractivity contribution < 1.29 is 21.7 Å². The van der Waals surface area contributed by atoms with Crippen molar-refractivity contribution in [3.8, 4) is 0 Å². The predicted molar refractivity (Wildman–Crippen MR) is 162 cm³/mol. The van der Waals surface area contributed by atoms with Crippen LogP contribution in [0, 0.1) is 20.8 Å². The van der Waals surface area contributed by atoms with Gasteiger partial charge < -0.3 is 0 Å². The Bertz CT molecular complexity index is 1140. The molecule has 0 radical (unpaired) electrons. The van der Waals surface area contributed by atoms with Gasteiger partial charge in [-0.2, -0.15) is 0 Å². The number of aryl methyl sites for hydroxylation is 3. The maximum absolute atomic E-state index is 5.52. The van der Waals surface area contributed by atoms with E-state index in [9.17, 15) is 0 Å². The Labute approximate surface area is 240 Å². The van der Waals surface area contributed by atoms with Crippen LogP contribution in [0.3, 0.4) is 0 Å². The van der Waals surface area contributed by atoms with Crippen molar-refractivity contribution >= 4 is 23.0 Å². The quantitative estimate of drug-likeness (QED) is 0.117. The second-order valence-corrected chi connectivity index (χ2v) is 12.4. The molecule has 0 saturated carbocycles. The summed E-state index contributed by atoms with van der Waals surface area (Å²) in [5, 5.41) is 3.91. The van der Waals surface area contributed by atoms with Crippen LogP contribution in [0.2, 0.25) is 0 Å². The van der Waals surface area contributed by atoms with Gasteiger partial charge in [-0.25, -0.2) is 0 Å². The molecule has 190 valence electrons. The molecule has 1 aliphatic carbocycles. The summed E-state index contributed by atoms with van der Waals surface area (Å²) >= 11 is 0. The van der Waals surface area contributed by atoms with Crippen molar-refractivity contribution in [2.75, 3.05) is 0 Å². The first-order valence-electron chi connectivity index (χ1n) is 13.0. The summed E-state index contributed by atoms with van der Waals surface area (Å²) in [7, 11) is -2.15. The number of benzene rings is 3. The molecular formula is C34H40NPTi. The summed E-state index contributed by atoms with van der Waals surface area (Å²) in [5.41, 5.74) is 4.99. The first-order chi connectivity index (χ1) is 17.5. The van der Waals surface area contributed by atoms with Crippen LogP contribution < -0.4 is 15.9 Å². The Kier molecular flexibility index (Phi) is 13.1. The van der Waals surface area contributed by atoms with E-state index in [-0.39, 0.29) is 21.7 Å². The predicted octanol–water partition coefficient (Wildman–Crippen LogP) is 8.85. The summed E-state index contributed by atoms with van der Waals surface area (Å²) in [4.78, 5) is 0. The minimum absolute atomic E-state index is 0. The first-order valence-corrected chi connectivity index (χ1v) is 14.7. The Morgan fingerprint density at radius 2 is 1.24 bits per heavy atom. The Hall–Kier alpha value is -2.44. The van der Waals surface area contributed by atoms with Crippen molar-refractivity contribution in [1.29, 1.82) is 0 Å². The molecule has 0 heterocycles. The number of unbranched alkanes of at least 4 members (excludes halogenated alkanes) is 2. The van der Waals surface area contributed by atoms with Gasteiger partial charge in [-0.15, -0.1) is 0 Å². The van der Waals surface area contributed by atoms with Crippen LogP contribution in [0.25, 0.3) is 0 Å². The van der Waals surface area contributed by atoms with Gasteiger partial charge in [0, 0.05) is 49.7 Å². The van der Waals surface area contributed by atoms with Crippen molar-refractivity contribution in [3.63, 3.8) is 0 Å². The molecule has 0 atom stereocenters. The van der Waals surface area contributed by atoms with Gasteiger partial charge in [0.15, 0.2) is 0 Å². The second kappa shape index (κ2) is 15.7. The summed E-state index contributed by atoms with van der Waals surface area (Å²) in [5.74, 6) is 0. The van der Waals surface area contributed by atoms with Crippen LogP contribution in [0.1, 0.15) is 49.3 Å². The average Bonchev–Trinajstić information content (AvgIpc) is 3.40. The standard InChI is InChI=1S/C26H26NP.C8H14.Ti/c1-20-8-14-24(15-9-20)28(27-23-6-4-5-7-23,25-16-10-21(2)11-17-25)26-18-12-22(3)13-19-26;1-3-5-7-8-6-4-2;/h4-6,8-19H,7H2,1-3H3;3,5,7H,1,4,6,8H2,2H3;. The minimum atomic E-state index is -2.15. The summed E-state index contributed by atoms with van der Waals surface area (Å²) in [6.07, 6.45) is 17.1. The van der Waals surface area contributed by atoms with E-state index >= 15 is 0 Å². The molecule has 1 nitrogen and oxygen atoms in total. The third-order valence-electron chi connectivity index (χ3n) is 6.25. The van der Waals surface area contributed by atoms with Gasteiger partial charge in [0.25, 0.3) is 0 Å². The average molecular weight is 542 g/mol. The number of rotatable bonds is 8. The number of hydrogen-bond donors (Lipinski definition) is 0. The second-order valence-electron chi connectivity index (χ2n) is 9.34. The fourth-order valence-corrected chi connectivity index (χ4v) is 7.64.